The normalized spacial score (nSPS) is 10.2. The van der Waals surface area contributed by atoms with Crippen molar-refractivity contribution >= 4 is 30.0 Å². The zero-order valence-corrected chi connectivity index (χ0v) is 10.7. The molecule has 17 heavy (non-hydrogen) atoms. The fraction of sp³-hybridized carbons (Fsp3) is 0.0714. The van der Waals surface area contributed by atoms with Crippen LogP contribution in [-0.4, -0.2) is 11.5 Å². The lowest BCUT2D eigenvalue weighted by Gasteiger charge is -2.03. The van der Waals surface area contributed by atoms with Gasteiger partial charge in [-0.3, -0.25) is 4.79 Å². The molecule has 0 heterocycles. The monoisotopic (exact) mass is 262 g/mol. The lowest BCUT2D eigenvalue weighted by molar-refractivity contribution is 0.102. The summed E-state index contributed by atoms with van der Waals surface area (Å²) in [6, 6.07) is 15.1. The third-order valence-electron chi connectivity index (χ3n) is 2.53. The Balaban J connectivity index is 2.29. The standard InChI is InChI=1S/C14H11ClOS/c15-13-7-5-11(6-8-13)10-1-3-12(4-2-10)14(16)9-17/h1-8,17H,9H2. The Kier molecular flexibility index (Phi) is 3.87. The minimum absolute atomic E-state index is 0.0380. The summed E-state index contributed by atoms with van der Waals surface area (Å²) >= 11 is 9.80. The maximum absolute atomic E-state index is 11.4. The molecule has 0 radical (unpaired) electrons. The van der Waals surface area contributed by atoms with Crippen molar-refractivity contribution < 1.29 is 4.79 Å². The molecule has 0 aliphatic rings. The molecule has 0 aliphatic carbocycles. The van der Waals surface area contributed by atoms with Gasteiger partial charge in [0.05, 0.1) is 5.75 Å². The van der Waals surface area contributed by atoms with Crippen molar-refractivity contribution in [1.82, 2.24) is 0 Å². The maximum atomic E-state index is 11.4. The highest BCUT2D eigenvalue weighted by Gasteiger charge is 2.03. The summed E-state index contributed by atoms with van der Waals surface area (Å²) in [6.45, 7) is 0. The average Bonchev–Trinajstić information content (AvgIpc) is 2.39. The van der Waals surface area contributed by atoms with Gasteiger partial charge in [0.25, 0.3) is 0 Å². The molecule has 0 amide bonds. The van der Waals surface area contributed by atoms with Gasteiger partial charge in [0.15, 0.2) is 5.78 Å². The van der Waals surface area contributed by atoms with Gasteiger partial charge in [0.1, 0.15) is 0 Å². The maximum Gasteiger partial charge on any atom is 0.172 e. The quantitative estimate of drug-likeness (QED) is 0.650. The van der Waals surface area contributed by atoms with Gasteiger partial charge in [-0.05, 0) is 23.3 Å². The van der Waals surface area contributed by atoms with Crippen molar-refractivity contribution in [2.75, 3.05) is 5.75 Å². The minimum atomic E-state index is 0.0380. The first-order valence-corrected chi connectivity index (χ1v) is 6.22. The number of rotatable bonds is 3. The van der Waals surface area contributed by atoms with Crippen molar-refractivity contribution in [2.24, 2.45) is 0 Å². The molecule has 2 rings (SSSR count). The Morgan fingerprint density at radius 1 is 0.941 bits per heavy atom. The van der Waals surface area contributed by atoms with Crippen LogP contribution in [0.1, 0.15) is 10.4 Å². The molecule has 0 spiro atoms. The summed E-state index contributed by atoms with van der Waals surface area (Å²) in [5.41, 5.74) is 2.84. The van der Waals surface area contributed by atoms with Gasteiger partial charge in [0.2, 0.25) is 0 Å². The number of Topliss-reactive ketones (excluding diaryl/α,β-unsaturated/α-hetero) is 1. The second kappa shape index (κ2) is 5.39. The molecule has 2 aromatic rings. The van der Waals surface area contributed by atoms with Crippen molar-refractivity contribution in [2.45, 2.75) is 0 Å². The Morgan fingerprint density at radius 3 is 1.88 bits per heavy atom. The van der Waals surface area contributed by atoms with E-state index in [1.54, 1.807) is 0 Å². The number of benzene rings is 2. The highest BCUT2D eigenvalue weighted by molar-refractivity contribution is 7.81. The molecule has 86 valence electrons. The van der Waals surface area contributed by atoms with Crippen LogP contribution >= 0.6 is 24.2 Å². The number of thiol groups is 1. The van der Waals surface area contributed by atoms with E-state index in [0.29, 0.717) is 5.56 Å². The highest BCUT2D eigenvalue weighted by Crippen LogP contribution is 2.22. The predicted molar refractivity (Wildman–Crippen MR) is 75.1 cm³/mol. The molecule has 2 aromatic carbocycles. The van der Waals surface area contributed by atoms with Crippen LogP contribution in [0.5, 0.6) is 0 Å². The van der Waals surface area contributed by atoms with Crippen molar-refractivity contribution in [3.63, 3.8) is 0 Å². The average molecular weight is 263 g/mol. The number of hydrogen-bond acceptors (Lipinski definition) is 2. The van der Waals surface area contributed by atoms with Crippen LogP contribution in [0.2, 0.25) is 5.02 Å². The van der Waals surface area contributed by atoms with E-state index in [9.17, 15) is 4.79 Å². The summed E-state index contributed by atoms with van der Waals surface area (Å²) in [5.74, 6) is 0.274. The number of halogens is 1. The number of carbonyl (C=O) groups excluding carboxylic acids is 1. The van der Waals surface area contributed by atoms with E-state index in [4.69, 9.17) is 11.6 Å². The first-order chi connectivity index (χ1) is 8.20. The van der Waals surface area contributed by atoms with Crippen LogP contribution in [0.4, 0.5) is 0 Å². The second-order valence-electron chi connectivity index (χ2n) is 3.67. The molecule has 0 fully saturated rings. The molecular formula is C14H11ClOS. The Labute approximate surface area is 111 Å². The molecule has 0 N–H and O–H groups in total. The molecular weight excluding hydrogens is 252 g/mol. The highest BCUT2D eigenvalue weighted by atomic mass is 35.5. The summed E-state index contributed by atoms with van der Waals surface area (Å²) in [5, 5.41) is 0.718. The summed E-state index contributed by atoms with van der Waals surface area (Å²) in [4.78, 5) is 11.4. The van der Waals surface area contributed by atoms with E-state index in [1.807, 2.05) is 48.5 Å². The van der Waals surface area contributed by atoms with Crippen LogP contribution in [0.3, 0.4) is 0 Å². The lowest BCUT2D eigenvalue weighted by Crippen LogP contribution is -1.99. The fourth-order valence-electron chi connectivity index (χ4n) is 1.58. The van der Waals surface area contributed by atoms with Gasteiger partial charge >= 0.3 is 0 Å². The Bertz CT molecular complexity index is 517. The number of carbonyl (C=O) groups is 1. The SMILES string of the molecule is O=C(CS)c1ccc(-c2ccc(Cl)cc2)cc1. The molecule has 1 nitrogen and oxygen atoms in total. The molecule has 0 bridgehead atoms. The van der Waals surface area contributed by atoms with Gasteiger partial charge in [-0.25, -0.2) is 0 Å². The van der Waals surface area contributed by atoms with E-state index < -0.39 is 0 Å². The van der Waals surface area contributed by atoms with E-state index in [1.165, 1.54) is 0 Å². The van der Waals surface area contributed by atoms with Crippen molar-refractivity contribution in [3.05, 3.63) is 59.1 Å². The van der Waals surface area contributed by atoms with Crippen molar-refractivity contribution in [1.29, 1.82) is 0 Å². The third kappa shape index (κ3) is 2.90. The number of ketones is 1. The molecule has 0 saturated carbocycles. The summed E-state index contributed by atoms with van der Waals surface area (Å²) < 4.78 is 0. The molecule has 3 heteroatoms. The molecule has 0 atom stereocenters. The first kappa shape index (κ1) is 12.2. The van der Waals surface area contributed by atoms with Gasteiger partial charge in [0, 0.05) is 10.6 Å². The Hall–Kier alpha value is -1.25. The summed E-state index contributed by atoms with van der Waals surface area (Å²) in [6.07, 6.45) is 0. The third-order valence-corrected chi connectivity index (χ3v) is 3.07. The second-order valence-corrected chi connectivity index (χ2v) is 4.42. The molecule has 0 saturated heterocycles. The zero-order chi connectivity index (χ0) is 12.3. The van der Waals surface area contributed by atoms with Crippen LogP contribution in [-0.2, 0) is 0 Å². The van der Waals surface area contributed by atoms with Crippen LogP contribution in [0.25, 0.3) is 11.1 Å². The van der Waals surface area contributed by atoms with Crippen molar-refractivity contribution in [3.8, 4) is 11.1 Å². The smallest absolute Gasteiger partial charge is 0.172 e. The predicted octanol–water partition coefficient (Wildman–Crippen LogP) is 4.12. The van der Waals surface area contributed by atoms with E-state index in [0.717, 1.165) is 16.1 Å². The van der Waals surface area contributed by atoms with E-state index in [-0.39, 0.29) is 11.5 Å². The lowest BCUT2D eigenvalue weighted by atomic mass is 10.0. The van der Waals surface area contributed by atoms with E-state index in [2.05, 4.69) is 12.6 Å². The van der Waals surface area contributed by atoms with Gasteiger partial charge in [-0.1, -0.05) is 48.0 Å². The van der Waals surface area contributed by atoms with E-state index >= 15 is 0 Å². The van der Waals surface area contributed by atoms with Gasteiger partial charge in [-0.15, -0.1) is 0 Å². The first-order valence-electron chi connectivity index (χ1n) is 5.21. The largest absolute Gasteiger partial charge is 0.293 e. The zero-order valence-electron chi connectivity index (χ0n) is 9.06. The van der Waals surface area contributed by atoms with Gasteiger partial charge in [-0.2, -0.15) is 12.6 Å². The summed E-state index contributed by atoms with van der Waals surface area (Å²) in [7, 11) is 0. The van der Waals surface area contributed by atoms with Gasteiger partial charge < -0.3 is 0 Å². The number of hydrogen-bond donors (Lipinski definition) is 1. The van der Waals surface area contributed by atoms with Crippen LogP contribution in [0.15, 0.2) is 48.5 Å². The minimum Gasteiger partial charge on any atom is -0.293 e. The van der Waals surface area contributed by atoms with Crippen LogP contribution in [0, 0.1) is 0 Å². The Morgan fingerprint density at radius 2 is 1.41 bits per heavy atom. The topological polar surface area (TPSA) is 17.1 Å². The van der Waals surface area contributed by atoms with Crippen LogP contribution < -0.4 is 0 Å². The molecule has 0 unspecified atom stereocenters. The molecule has 0 aromatic heterocycles. The fourth-order valence-corrected chi connectivity index (χ4v) is 1.89. The molecule has 0 aliphatic heterocycles.